The highest BCUT2D eigenvalue weighted by atomic mass is 32.2. The van der Waals surface area contributed by atoms with Crippen molar-refractivity contribution in [2.45, 2.75) is 65.6 Å². The second kappa shape index (κ2) is 7.49. The van der Waals surface area contributed by atoms with E-state index in [-0.39, 0.29) is 27.7 Å². The van der Waals surface area contributed by atoms with E-state index >= 15 is 0 Å². The number of nitrogens with one attached hydrogen (secondary N) is 1. The lowest BCUT2D eigenvalue weighted by Gasteiger charge is -2.43. The summed E-state index contributed by atoms with van der Waals surface area (Å²) < 4.78 is 55.1. The van der Waals surface area contributed by atoms with Crippen LogP contribution >= 0.6 is 0 Å². The largest absolute Gasteiger partial charge is 0.240 e. The van der Waals surface area contributed by atoms with Crippen LogP contribution in [-0.4, -0.2) is 23.4 Å². The Labute approximate surface area is 177 Å². The van der Waals surface area contributed by atoms with Gasteiger partial charge in [-0.3, -0.25) is 0 Å². The summed E-state index contributed by atoms with van der Waals surface area (Å²) in [5.41, 5.74) is 1.66. The van der Waals surface area contributed by atoms with Gasteiger partial charge in [0.15, 0.2) is 0 Å². The molecule has 8 heteroatoms. The molecule has 158 valence electrons. The van der Waals surface area contributed by atoms with Crippen LogP contribution in [0.25, 0.3) is 0 Å². The van der Waals surface area contributed by atoms with Crippen LogP contribution in [0.2, 0.25) is 0 Å². The number of benzene rings is 2. The molecule has 0 bridgehead atoms. The summed E-state index contributed by atoms with van der Waals surface area (Å²) in [6, 6.07) is 12.1. The van der Waals surface area contributed by atoms with E-state index in [2.05, 4.69) is 4.72 Å². The lowest BCUT2D eigenvalue weighted by molar-refractivity contribution is 0.332. The zero-order valence-corrected chi connectivity index (χ0v) is 18.4. The van der Waals surface area contributed by atoms with Gasteiger partial charge in [0.1, 0.15) is 0 Å². The van der Waals surface area contributed by atoms with Crippen molar-refractivity contribution in [2.75, 3.05) is 6.54 Å². The van der Waals surface area contributed by atoms with E-state index in [1.54, 1.807) is 25.1 Å². The van der Waals surface area contributed by atoms with Crippen molar-refractivity contribution in [3.05, 3.63) is 53.1 Å². The maximum Gasteiger partial charge on any atom is 0.240 e. The highest BCUT2D eigenvalue weighted by molar-refractivity contribution is 7.92. The van der Waals surface area contributed by atoms with Gasteiger partial charge in [-0.15, -0.1) is 0 Å². The van der Waals surface area contributed by atoms with Gasteiger partial charge in [0.05, 0.1) is 20.8 Å². The Balaban J connectivity index is 1.97. The van der Waals surface area contributed by atoms with Crippen LogP contribution in [0, 0.1) is 18.3 Å². The van der Waals surface area contributed by atoms with Crippen molar-refractivity contribution >= 4 is 19.9 Å². The Morgan fingerprint density at radius 3 is 2.47 bits per heavy atom. The van der Waals surface area contributed by atoms with Crippen LogP contribution in [0.1, 0.15) is 55.2 Å². The molecule has 1 aliphatic carbocycles. The van der Waals surface area contributed by atoms with Gasteiger partial charge in [-0.25, -0.2) is 21.6 Å². The minimum absolute atomic E-state index is 0.0190. The van der Waals surface area contributed by atoms with Crippen LogP contribution in [0.4, 0.5) is 0 Å². The summed E-state index contributed by atoms with van der Waals surface area (Å²) in [4.78, 5) is 0.325. The van der Waals surface area contributed by atoms with E-state index in [9.17, 15) is 16.8 Å². The van der Waals surface area contributed by atoms with E-state index in [0.29, 0.717) is 5.56 Å². The monoisotopic (exact) mass is 444 g/mol. The molecule has 1 N–H and O–H groups in total. The molecule has 0 amide bonds. The van der Waals surface area contributed by atoms with E-state index < -0.39 is 25.3 Å². The van der Waals surface area contributed by atoms with E-state index in [0.717, 1.165) is 43.2 Å². The molecule has 2 aliphatic rings. The van der Waals surface area contributed by atoms with Crippen LogP contribution < -0.4 is 4.72 Å². The average Bonchev–Trinajstić information content (AvgIpc) is 2.73. The van der Waals surface area contributed by atoms with Crippen LogP contribution in [0.5, 0.6) is 0 Å². The third-order valence-electron chi connectivity index (χ3n) is 6.30. The van der Waals surface area contributed by atoms with Gasteiger partial charge in [0, 0.05) is 18.4 Å². The number of sulfonamides is 1. The molecule has 6 nitrogen and oxygen atoms in total. The summed E-state index contributed by atoms with van der Waals surface area (Å²) in [6.07, 6.45) is 4.85. The molecule has 0 unspecified atom stereocenters. The molecule has 1 aliphatic heterocycles. The van der Waals surface area contributed by atoms with Crippen molar-refractivity contribution in [3.8, 4) is 6.07 Å². The molecule has 0 radical (unpaired) electrons. The maximum atomic E-state index is 13.5. The molecule has 1 spiro atoms. The first-order valence-electron chi connectivity index (χ1n) is 10.1. The molecular weight excluding hydrogens is 420 g/mol. The molecule has 0 saturated heterocycles. The summed E-state index contributed by atoms with van der Waals surface area (Å²) in [5, 5.41) is 8.68. The molecule has 1 heterocycles. The van der Waals surface area contributed by atoms with E-state index in [1.165, 1.54) is 6.07 Å². The zero-order chi connectivity index (χ0) is 21.6. The number of aryl methyl sites for hydroxylation is 1. The summed E-state index contributed by atoms with van der Waals surface area (Å²) in [6.45, 7) is 1.68. The maximum absolute atomic E-state index is 13.5. The molecule has 30 heavy (non-hydrogen) atoms. The number of rotatable bonds is 4. The van der Waals surface area contributed by atoms with Gasteiger partial charge in [0.2, 0.25) is 19.9 Å². The normalized spacial score (nSPS) is 18.9. The van der Waals surface area contributed by atoms with Gasteiger partial charge < -0.3 is 0 Å². The smallest absolute Gasteiger partial charge is 0.218 e. The quantitative estimate of drug-likeness (QED) is 0.726. The first-order chi connectivity index (χ1) is 14.2. The Morgan fingerprint density at radius 2 is 1.77 bits per heavy atom. The number of hydrogen-bond acceptors (Lipinski definition) is 5. The van der Waals surface area contributed by atoms with Gasteiger partial charge in [-0.05, 0) is 48.6 Å². The average molecular weight is 445 g/mol. The molecule has 4 rings (SSSR count). The fourth-order valence-corrected chi connectivity index (χ4v) is 8.15. The van der Waals surface area contributed by atoms with Gasteiger partial charge in [-0.2, -0.15) is 5.26 Å². The number of sulfone groups is 1. The number of hydrogen-bond donors (Lipinski definition) is 1. The first-order valence-corrected chi connectivity index (χ1v) is 13.1. The molecule has 2 aromatic carbocycles. The van der Waals surface area contributed by atoms with E-state index in [4.69, 9.17) is 5.26 Å². The van der Waals surface area contributed by atoms with E-state index in [1.807, 2.05) is 18.2 Å². The summed E-state index contributed by atoms with van der Waals surface area (Å²) in [7, 11) is -7.78. The number of nitrogens with zero attached hydrogens (tertiary/aromatic N) is 1. The predicted molar refractivity (Wildman–Crippen MR) is 112 cm³/mol. The number of nitriles is 1. The fourth-order valence-electron chi connectivity index (χ4n) is 4.93. The van der Waals surface area contributed by atoms with Crippen molar-refractivity contribution in [3.63, 3.8) is 0 Å². The highest BCUT2D eigenvalue weighted by Crippen LogP contribution is 2.53. The molecule has 0 atom stereocenters. The molecular formula is C22H24N2O4S2. The zero-order valence-electron chi connectivity index (χ0n) is 16.8. The standard InChI is InChI=1S/C22H24N2O4S2/c1-16-14-18-21(15-20(16)30(27,28)24-13-7-12-23)29(25,26)19-9-4-3-8-17(19)22(18)10-5-2-6-11-22/h3-4,8-9,14-15,24H,2,5-7,10-11,13H2,1H3. The Morgan fingerprint density at radius 1 is 1.07 bits per heavy atom. The molecule has 2 aromatic rings. The van der Waals surface area contributed by atoms with Crippen molar-refractivity contribution in [1.29, 1.82) is 5.26 Å². The summed E-state index contributed by atoms with van der Waals surface area (Å²) >= 11 is 0. The topological polar surface area (TPSA) is 104 Å². The van der Waals surface area contributed by atoms with Gasteiger partial charge in [-0.1, -0.05) is 43.5 Å². The van der Waals surface area contributed by atoms with Crippen molar-refractivity contribution in [1.82, 2.24) is 4.72 Å². The third-order valence-corrected chi connectivity index (χ3v) is 9.75. The Bertz CT molecular complexity index is 1250. The highest BCUT2D eigenvalue weighted by Gasteiger charge is 2.47. The van der Waals surface area contributed by atoms with Crippen LogP contribution in [-0.2, 0) is 25.3 Å². The number of fused-ring (bicyclic) bond motifs is 4. The minimum Gasteiger partial charge on any atom is -0.218 e. The Hall–Kier alpha value is -2.21. The molecule has 1 saturated carbocycles. The second-order valence-corrected chi connectivity index (χ2v) is 11.7. The fraction of sp³-hybridized carbons (Fsp3) is 0.409. The molecule has 0 aromatic heterocycles. The van der Waals surface area contributed by atoms with Crippen LogP contribution in [0.15, 0.2) is 51.1 Å². The third kappa shape index (κ3) is 3.16. The van der Waals surface area contributed by atoms with Crippen molar-refractivity contribution < 1.29 is 16.8 Å². The lowest BCUT2D eigenvalue weighted by atomic mass is 9.65. The van der Waals surface area contributed by atoms with Crippen LogP contribution in [0.3, 0.4) is 0 Å². The SMILES string of the molecule is Cc1cc2c(cc1S(=O)(=O)NCCC#N)S(=O)(=O)c1ccccc1C21CCCCC1. The summed E-state index contributed by atoms with van der Waals surface area (Å²) in [5.74, 6) is 0. The Kier molecular flexibility index (Phi) is 5.25. The predicted octanol–water partition coefficient (Wildman–Crippen LogP) is 3.58. The van der Waals surface area contributed by atoms with Gasteiger partial charge >= 0.3 is 0 Å². The molecule has 1 fully saturated rings. The van der Waals surface area contributed by atoms with Crippen molar-refractivity contribution in [2.24, 2.45) is 0 Å². The van der Waals surface area contributed by atoms with Gasteiger partial charge in [0.25, 0.3) is 0 Å². The lowest BCUT2D eigenvalue weighted by Crippen LogP contribution is -2.37. The minimum atomic E-state index is -3.93. The second-order valence-electron chi connectivity index (χ2n) is 8.06. The first kappa shape index (κ1) is 21.0.